The number of nitrogens with one attached hydrogen (secondary N) is 2. The summed E-state index contributed by atoms with van der Waals surface area (Å²) >= 11 is 0. The third-order valence-electron chi connectivity index (χ3n) is 4.30. The van der Waals surface area contributed by atoms with Gasteiger partial charge in [-0.05, 0) is 61.2 Å². The van der Waals surface area contributed by atoms with Crippen molar-refractivity contribution in [1.29, 1.82) is 5.26 Å². The number of ether oxygens (including phenoxy) is 1. The Morgan fingerprint density at radius 1 is 1.22 bits per heavy atom. The maximum atomic E-state index is 12.0. The maximum absolute atomic E-state index is 12.0. The molecule has 0 bridgehead atoms. The minimum absolute atomic E-state index is 0.0578. The summed E-state index contributed by atoms with van der Waals surface area (Å²) in [6.07, 6.45) is 1.92. The molecule has 3 rings (SSSR count). The molecule has 0 aliphatic heterocycles. The Kier molecular flexibility index (Phi) is 5.72. The number of nitrogens with zero attached hydrogens (tertiary/aromatic N) is 1. The smallest absolute Gasteiger partial charge is 0.258 e. The van der Waals surface area contributed by atoms with Gasteiger partial charge < -0.3 is 15.4 Å². The zero-order valence-corrected chi connectivity index (χ0v) is 15.1. The third-order valence-corrected chi connectivity index (χ3v) is 4.30. The van der Waals surface area contributed by atoms with Gasteiger partial charge in [-0.15, -0.1) is 0 Å². The summed E-state index contributed by atoms with van der Waals surface area (Å²) < 4.78 is 5.52. The number of benzene rings is 2. The van der Waals surface area contributed by atoms with Crippen LogP contribution in [0.4, 0.5) is 5.69 Å². The summed E-state index contributed by atoms with van der Waals surface area (Å²) in [5.41, 5.74) is 2.99. The molecule has 6 heteroatoms. The Morgan fingerprint density at radius 3 is 2.74 bits per heavy atom. The molecule has 2 aromatic rings. The topological polar surface area (TPSA) is 91.2 Å². The van der Waals surface area contributed by atoms with E-state index in [0.717, 1.165) is 29.7 Å². The van der Waals surface area contributed by atoms with Crippen LogP contribution in [-0.2, 0) is 16.1 Å². The molecule has 27 heavy (non-hydrogen) atoms. The standard InChI is InChI=1S/C21H21N3O3/c1-14-9-15(11-22)5-8-19(14)27-13-20(25)23-12-16-3-2-4-18(10-16)24-21(26)17-6-7-17/h2-5,8-10,17H,6-7,12-13H2,1H3,(H,23,25)(H,24,26). The van der Waals surface area contributed by atoms with Gasteiger partial charge in [-0.25, -0.2) is 0 Å². The van der Waals surface area contributed by atoms with Crippen LogP contribution in [0.5, 0.6) is 5.75 Å². The zero-order chi connectivity index (χ0) is 19.2. The van der Waals surface area contributed by atoms with Gasteiger partial charge in [0.1, 0.15) is 5.75 Å². The second-order valence-corrected chi connectivity index (χ2v) is 6.62. The predicted molar refractivity (Wildman–Crippen MR) is 101 cm³/mol. The number of anilines is 1. The Balaban J connectivity index is 1.47. The van der Waals surface area contributed by atoms with Crippen molar-refractivity contribution in [3.63, 3.8) is 0 Å². The molecule has 0 aromatic heterocycles. The summed E-state index contributed by atoms with van der Waals surface area (Å²) in [5.74, 6) is 0.540. The highest BCUT2D eigenvalue weighted by Gasteiger charge is 2.29. The van der Waals surface area contributed by atoms with Gasteiger partial charge >= 0.3 is 0 Å². The number of hydrogen-bond acceptors (Lipinski definition) is 4. The van der Waals surface area contributed by atoms with Gasteiger partial charge in [0.2, 0.25) is 5.91 Å². The molecule has 1 aliphatic carbocycles. The SMILES string of the molecule is Cc1cc(C#N)ccc1OCC(=O)NCc1cccc(NC(=O)C2CC2)c1. The van der Waals surface area contributed by atoms with E-state index < -0.39 is 0 Å². The molecule has 0 heterocycles. The van der Waals surface area contributed by atoms with E-state index in [1.165, 1.54) is 0 Å². The average Bonchev–Trinajstić information content (AvgIpc) is 3.51. The van der Waals surface area contributed by atoms with E-state index in [1.54, 1.807) is 18.2 Å². The number of nitriles is 1. The maximum Gasteiger partial charge on any atom is 0.258 e. The fourth-order valence-electron chi connectivity index (χ4n) is 2.62. The minimum atomic E-state index is -0.244. The molecule has 1 saturated carbocycles. The van der Waals surface area contributed by atoms with E-state index in [2.05, 4.69) is 16.7 Å². The monoisotopic (exact) mass is 363 g/mol. The summed E-state index contributed by atoms with van der Waals surface area (Å²) in [4.78, 5) is 23.9. The molecule has 138 valence electrons. The van der Waals surface area contributed by atoms with Gasteiger partial charge in [0.05, 0.1) is 11.6 Å². The van der Waals surface area contributed by atoms with E-state index in [9.17, 15) is 9.59 Å². The van der Waals surface area contributed by atoms with Crippen LogP contribution in [0.1, 0.15) is 29.5 Å². The highest BCUT2D eigenvalue weighted by Crippen LogP contribution is 2.30. The molecule has 2 N–H and O–H groups in total. The van der Waals surface area contributed by atoms with Crippen molar-refractivity contribution in [2.45, 2.75) is 26.3 Å². The Morgan fingerprint density at radius 2 is 2.04 bits per heavy atom. The number of carbonyl (C=O) groups is 2. The lowest BCUT2D eigenvalue weighted by Gasteiger charge is -2.11. The quantitative estimate of drug-likeness (QED) is 0.791. The second kappa shape index (κ2) is 8.37. The number of amides is 2. The Bertz CT molecular complexity index is 898. The lowest BCUT2D eigenvalue weighted by atomic mass is 10.1. The normalized spacial score (nSPS) is 12.7. The van der Waals surface area contributed by atoms with Crippen molar-refractivity contribution in [1.82, 2.24) is 5.32 Å². The largest absolute Gasteiger partial charge is 0.484 e. The molecule has 0 saturated heterocycles. The third kappa shape index (κ3) is 5.32. The van der Waals surface area contributed by atoms with Crippen LogP contribution in [0.2, 0.25) is 0 Å². The van der Waals surface area contributed by atoms with Gasteiger partial charge in [-0.1, -0.05) is 12.1 Å². The van der Waals surface area contributed by atoms with Crippen LogP contribution in [0.25, 0.3) is 0 Å². The van der Waals surface area contributed by atoms with Crippen LogP contribution in [0.3, 0.4) is 0 Å². The lowest BCUT2D eigenvalue weighted by Crippen LogP contribution is -2.28. The van der Waals surface area contributed by atoms with E-state index in [-0.39, 0.29) is 24.3 Å². The van der Waals surface area contributed by atoms with Crippen LogP contribution >= 0.6 is 0 Å². The molecular weight excluding hydrogens is 342 g/mol. The van der Waals surface area contributed by atoms with Gasteiger partial charge in [-0.2, -0.15) is 5.26 Å². The van der Waals surface area contributed by atoms with Crippen molar-refractivity contribution in [3.8, 4) is 11.8 Å². The predicted octanol–water partition coefficient (Wildman–Crippen LogP) is 2.91. The number of rotatable bonds is 7. The fraction of sp³-hybridized carbons (Fsp3) is 0.286. The van der Waals surface area contributed by atoms with Crippen molar-refractivity contribution in [2.24, 2.45) is 5.92 Å². The second-order valence-electron chi connectivity index (χ2n) is 6.62. The summed E-state index contributed by atoms with van der Waals surface area (Å²) in [5, 5.41) is 14.6. The molecule has 0 atom stereocenters. The summed E-state index contributed by atoms with van der Waals surface area (Å²) in [6.45, 7) is 2.07. The first-order valence-electron chi connectivity index (χ1n) is 8.85. The van der Waals surface area contributed by atoms with Crippen molar-refractivity contribution in [3.05, 3.63) is 59.2 Å². The van der Waals surface area contributed by atoms with Crippen LogP contribution in [0, 0.1) is 24.2 Å². The van der Waals surface area contributed by atoms with Crippen molar-refractivity contribution < 1.29 is 14.3 Å². The van der Waals surface area contributed by atoms with Gasteiger partial charge in [-0.3, -0.25) is 9.59 Å². The lowest BCUT2D eigenvalue weighted by molar-refractivity contribution is -0.123. The van der Waals surface area contributed by atoms with Crippen molar-refractivity contribution >= 4 is 17.5 Å². The molecule has 2 amide bonds. The molecule has 1 aliphatic rings. The van der Waals surface area contributed by atoms with Crippen LogP contribution < -0.4 is 15.4 Å². The summed E-state index contributed by atoms with van der Waals surface area (Å²) in [6, 6.07) is 14.5. The molecule has 2 aromatic carbocycles. The van der Waals surface area contributed by atoms with Gasteiger partial charge in [0.15, 0.2) is 6.61 Å². The number of aryl methyl sites for hydroxylation is 1. The van der Waals surface area contributed by atoms with E-state index in [1.807, 2.05) is 31.2 Å². The first-order chi connectivity index (χ1) is 13.0. The Labute approximate surface area is 158 Å². The first kappa shape index (κ1) is 18.5. The molecule has 0 spiro atoms. The van der Waals surface area contributed by atoms with E-state index in [4.69, 9.17) is 10.00 Å². The molecule has 1 fully saturated rings. The number of carbonyl (C=O) groups excluding carboxylic acids is 2. The zero-order valence-electron chi connectivity index (χ0n) is 15.1. The number of hydrogen-bond donors (Lipinski definition) is 2. The van der Waals surface area contributed by atoms with Crippen molar-refractivity contribution in [2.75, 3.05) is 11.9 Å². The molecule has 0 radical (unpaired) electrons. The molecule has 6 nitrogen and oxygen atoms in total. The minimum Gasteiger partial charge on any atom is -0.484 e. The van der Waals surface area contributed by atoms with E-state index in [0.29, 0.717) is 17.9 Å². The highest BCUT2D eigenvalue weighted by atomic mass is 16.5. The van der Waals surface area contributed by atoms with Crippen LogP contribution in [0.15, 0.2) is 42.5 Å². The fourth-order valence-corrected chi connectivity index (χ4v) is 2.62. The summed E-state index contributed by atoms with van der Waals surface area (Å²) in [7, 11) is 0. The van der Waals surface area contributed by atoms with Crippen LogP contribution in [-0.4, -0.2) is 18.4 Å². The Hall–Kier alpha value is -3.33. The highest BCUT2D eigenvalue weighted by molar-refractivity contribution is 5.94. The van der Waals surface area contributed by atoms with Gasteiger partial charge in [0, 0.05) is 18.2 Å². The molecular formula is C21H21N3O3. The molecule has 0 unspecified atom stereocenters. The first-order valence-corrected chi connectivity index (χ1v) is 8.85. The van der Waals surface area contributed by atoms with E-state index >= 15 is 0 Å². The average molecular weight is 363 g/mol. The van der Waals surface area contributed by atoms with Gasteiger partial charge in [0.25, 0.3) is 5.91 Å².